The van der Waals surface area contributed by atoms with Gasteiger partial charge in [-0.25, -0.2) is 4.85 Å². The van der Waals surface area contributed by atoms with Gasteiger partial charge in [0.1, 0.15) is 12.4 Å². The second-order valence-electron chi connectivity index (χ2n) is 8.39. The van der Waals surface area contributed by atoms with Crippen molar-refractivity contribution in [2.24, 2.45) is 0 Å². The van der Waals surface area contributed by atoms with E-state index in [1.807, 2.05) is 55.5 Å². The molecule has 1 amide bonds. The molecule has 6 heteroatoms. The van der Waals surface area contributed by atoms with Crippen molar-refractivity contribution in [1.82, 2.24) is 10.2 Å². The molecular weight excluding hydrogens is 400 g/mol. The molecule has 0 bridgehead atoms. The zero-order valence-electron chi connectivity index (χ0n) is 18.6. The summed E-state index contributed by atoms with van der Waals surface area (Å²) >= 11 is 0. The smallest absolute Gasteiger partial charge is 0.250 e. The Morgan fingerprint density at radius 1 is 1.12 bits per heavy atom. The summed E-state index contributed by atoms with van der Waals surface area (Å²) in [6, 6.07) is 13.9. The number of hydrogen-bond donors (Lipinski definition) is 1. The SMILES string of the molecule is [C-]#[N+]c1ccccc1N1CCN(CCCCNC(=O)C2=Cc3cc(C)ccc3OC2)CC1. The molecule has 2 aromatic carbocycles. The predicted molar refractivity (Wildman–Crippen MR) is 128 cm³/mol. The minimum absolute atomic E-state index is 0.0377. The first-order valence-electron chi connectivity index (χ1n) is 11.3. The Bertz CT molecular complexity index is 1030. The van der Waals surface area contributed by atoms with Gasteiger partial charge in [0.15, 0.2) is 0 Å². The normalized spacial score (nSPS) is 15.9. The van der Waals surface area contributed by atoms with Crippen molar-refractivity contribution in [2.75, 3.05) is 50.8 Å². The van der Waals surface area contributed by atoms with Crippen LogP contribution >= 0.6 is 0 Å². The number of fused-ring (bicyclic) bond motifs is 1. The summed E-state index contributed by atoms with van der Waals surface area (Å²) in [5.74, 6) is 0.800. The van der Waals surface area contributed by atoms with Crippen molar-refractivity contribution in [2.45, 2.75) is 19.8 Å². The van der Waals surface area contributed by atoms with E-state index < -0.39 is 0 Å². The number of nitrogens with one attached hydrogen (secondary N) is 1. The van der Waals surface area contributed by atoms with Gasteiger partial charge < -0.3 is 15.0 Å². The fraction of sp³-hybridized carbons (Fsp3) is 0.385. The van der Waals surface area contributed by atoms with Gasteiger partial charge in [-0.05, 0) is 50.6 Å². The number of ether oxygens (including phenoxy) is 1. The number of para-hydroxylation sites is 2. The van der Waals surface area contributed by atoms with Crippen molar-refractivity contribution in [3.63, 3.8) is 0 Å². The third-order valence-corrected chi connectivity index (χ3v) is 6.07. The third kappa shape index (κ3) is 5.30. The van der Waals surface area contributed by atoms with E-state index in [4.69, 9.17) is 11.3 Å². The highest BCUT2D eigenvalue weighted by Gasteiger charge is 2.19. The fourth-order valence-corrected chi connectivity index (χ4v) is 4.24. The Balaban J connectivity index is 1.15. The number of unbranched alkanes of at least 4 members (excludes halogenated alkanes) is 1. The maximum absolute atomic E-state index is 12.5. The standard InChI is InChI=1S/C26H30N4O2/c1-20-9-10-25-21(17-20)18-22(19-32-25)26(31)28-11-5-6-12-29-13-15-30(16-14-29)24-8-4-3-7-23(24)27-2/h3-4,7-10,17-18H,5-6,11-16,19H2,1H3,(H,28,31). The van der Waals surface area contributed by atoms with Crippen LogP contribution < -0.4 is 15.0 Å². The topological polar surface area (TPSA) is 49.2 Å². The quantitative estimate of drug-likeness (QED) is 0.532. The van der Waals surface area contributed by atoms with E-state index in [0.717, 1.165) is 73.8 Å². The van der Waals surface area contributed by atoms with Gasteiger partial charge in [-0.1, -0.05) is 29.8 Å². The first kappa shape index (κ1) is 21.9. The van der Waals surface area contributed by atoms with Gasteiger partial charge in [-0.2, -0.15) is 0 Å². The molecule has 0 radical (unpaired) electrons. The molecule has 6 nitrogen and oxygen atoms in total. The number of benzene rings is 2. The van der Waals surface area contributed by atoms with Gasteiger partial charge >= 0.3 is 0 Å². The van der Waals surface area contributed by atoms with Gasteiger partial charge in [-0.3, -0.25) is 9.69 Å². The van der Waals surface area contributed by atoms with Gasteiger partial charge in [0.25, 0.3) is 5.91 Å². The highest BCUT2D eigenvalue weighted by molar-refractivity contribution is 5.99. The van der Waals surface area contributed by atoms with Crippen LogP contribution in [-0.4, -0.2) is 56.7 Å². The maximum Gasteiger partial charge on any atom is 0.250 e. The minimum Gasteiger partial charge on any atom is -0.488 e. The molecule has 32 heavy (non-hydrogen) atoms. The van der Waals surface area contributed by atoms with E-state index in [1.54, 1.807) is 0 Å². The molecule has 1 N–H and O–H groups in total. The van der Waals surface area contributed by atoms with Gasteiger partial charge in [0, 0.05) is 44.0 Å². The number of hydrogen-bond acceptors (Lipinski definition) is 4. The third-order valence-electron chi connectivity index (χ3n) is 6.07. The molecule has 166 valence electrons. The lowest BCUT2D eigenvalue weighted by atomic mass is 10.0. The van der Waals surface area contributed by atoms with Crippen LogP contribution in [0.1, 0.15) is 24.0 Å². The summed E-state index contributed by atoms with van der Waals surface area (Å²) in [6.07, 6.45) is 3.94. The summed E-state index contributed by atoms with van der Waals surface area (Å²) < 4.78 is 5.72. The highest BCUT2D eigenvalue weighted by Crippen LogP contribution is 2.29. The average Bonchev–Trinajstić information content (AvgIpc) is 2.83. The fourth-order valence-electron chi connectivity index (χ4n) is 4.24. The largest absolute Gasteiger partial charge is 0.488 e. The second kappa shape index (κ2) is 10.3. The predicted octanol–water partition coefficient (Wildman–Crippen LogP) is 4.04. The number of aryl methyl sites for hydroxylation is 1. The van der Waals surface area contributed by atoms with Crippen LogP contribution in [0.3, 0.4) is 0 Å². The number of nitrogens with zero attached hydrogens (tertiary/aromatic N) is 3. The van der Waals surface area contributed by atoms with Gasteiger partial charge in [-0.15, -0.1) is 0 Å². The number of amides is 1. The number of carbonyl (C=O) groups is 1. The Kier molecular flexibility index (Phi) is 7.08. The molecule has 1 fully saturated rings. The molecule has 2 aliphatic heterocycles. The van der Waals surface area contributed by atoms with Crippen molar-refractivity contribution in [1.29, 1.82) is 0 Å². The van der Waals surface area contributed by atoms with Gasteiger partial charge in [0.05, 0.1) is 12.1 Å². The van der Waals surface area contributed by atoms with Crippen LogP contribution in [-0.2, 0) is 4.79 Å². The van der Waals surface area contributed by atoms with Crippen LogP contribution in [0.25, 0.3) is 10.9 Å². The number of rotatable bonds is 7. The van der Waals surface area contributed by atoms with Crippen molar-refractivity contribution in [3.05, 3.63) is 70.6 Å². The molecule has 1 saturated heterocycles. The number of carbonyl (C=O) groups excluding carboxylic acids is 1. The Labute approximate surface area is 190 Å². The molecule has 0 spiro atoms. The van der Waals surface area contributed by atoms with Crippen LogP contribution in [0.5, 0.6) is 5.75 Å². The highest BCUT2D eigenvalue weighted by atomic mass is 16.5. The van der Waals surface area contributed by atoms with E-state index in [0.29, 0.717) is 18.7 Å². The van der Waals surface area contributed by atoms with Gasteiger partial charge in [0.2, 0.25) is 5.69 Å². The first-order valence-corrected chi connectivity index (χ1v) is 11.3. The lowest BCUT2D eigenvalue weighted by Crippen LogP contribution is -2.46. The van der Waals surface area contributed by atoms with Crippen LogP contribution in [0, 0.1) is 13.5 Å². The molecule has 4 rings (SSSR count). The summed E-state index contributed by atoms with van der Waals surface area (Å²) in [7, 11) is 0. The van der Waals surface area contributed by atoms with E-state index in [-0.39, 0.29) is 5.91 Å². The molecule has 0 aromatic heterocycles. The van der Waals surface area contributed by atoms with E-state index >= 15 is 0 Å². The van der Waals surface area contributed by atoms with Crippen LogP contribution in [0.4, 0.5) is 11.4 Å². The molecular formula is C26H30N4O2. The molecule has 0 aliphatic carbocycles. The lowest BCUT2D eigenvalue weighted by Gasteiger charge is -2.36. The van der Waals surface area contributed by atoms with Crippen LogP contribution in [0.15, 0.2) is 48.0 Å². The van der Waals surface area contributed by atoms with Crippen molar-refractivity contribution >= 4 is 23.4 Å². The van der Waals surface area contributed by atoms with E-state index in [2.05, 4.69) is 20.0 Å². The Morgan fingerprint density at radius 3 is 2.75 bits per heavy atom. The average molecular weight is 431 g/mol. The lowest BCUT2D eigenvalue weighted by molar-refractivity contribution is -0.117. The molecule has 0 atom stereocenters. The van der Waals surface area contributed by atoms with Crippen LogP contribution in [0.2, 0.25) is 0 Å². The van der Waals surface area contributed by atoms with Crippen molar-refractivity contribution in [3.8, 4) is 5.75 Å². The number of anilines is 1. The summed E-state index contributed by atoms with van der Waals surface area (Å²) in [5, 5.41) is 3.03. The monoisotopic (exact) mass is 430 g/mol. The zero-order valence-corrected chi connectivity index (χ0v) is 18.6. The summed E-state index contributed by atoms with van der Waals surface area (Å²) in [4.78, 5) is 20.9. The van der Waals surface area contributed by atoms with E-state index in [9.17, 15) is 4.79 Å². The molecule has 2 aromatic rings. The molecule has 2 aliphatic rings. The van der Waals surface area contributed by atoms with E-state index in [1.165, 1.54) is 0 Å². The van der Waals surface area contributed by atoms with Crippen molar-refractivity contribution < 1.29 is 9.53 Å². The Morgan fingerprint density at radius 2 is 1.94 bits per heavy atom. The summed E-state index contributed by atoms with van der Waals surface area (Å²) in [5.41, 5.74) is 4.58. The molecule has 2 heterocycles. The maximum atomic E-state index is 12.5. The summed E-state index contributed by atoms with van der Waals surface area (Å²) in [6.45, 7) is 15.3. The number of piperazine rings is 1. The second-order valence-corrected chi connectivity index (χ2v) is 8.39. The Hall–Kier alpha value is -3.30. The molecule has 0 unspecified atom stereocenters. The molecule has 0 saturated carbocycles. The minimum atomic E-state index is -0.0377. The first-order chi connectivity index (χ1) is 15.6. The zero-order chi connectivity index (χ0) is 22.3.